The van der Waals surface area contributed by atoms with E-state index in [0.717, 1.165) is 5.69 Å². The van der Waals surface area contributed by atoms with Gasteiger partial charge in [-0.25, -0.2) is 19.7 Å². The van der Waals surface area contributed by atoms with Gasteiger partial charge in [0.05, 0.1) is 12.8 Å². The van der Waals surface area contributed by atoms with Crippen LogP contribution < -0.4 is 5.06 Å². The van der Waals surface area contributed by atoms with Crippen molar-refractivity contribution >= 4 is 29.1 Å². The van der Waals surface area contributed by atoms with Crippen LogP contribution in [0, 0.1) is 0 Å². The lowest BCUT2D eigenvalue weighted by Crippen LogP contribution is -2.38. The Morgan fingerprint density at radius 3 is 2.61 bits per heavy atom. The number of rotatable bonds is 2. The van der Waals surface area contributed by atoms with Crippen molar-refractivity contribution in [2.24, 2.45) is 4.99 Å². The van der Waals surface area contributed by atoms with E-state index in [1.54, 1.807) is 38.1 Å². The van der Waals surface area contributed by atoms with Crippen molar-refractivity contribution in [3.05, 3.63) is 29.3 Å². The zero-order valence-electron chi connectivity index (χ0n) is 10.3. The second-order valence-corrected chi connectivity index (χ2v) is 4.43. The van der Waals surface area contributed by atoms with Crippen LogP contribution in [0.3, 0.4) is 0 Å². The molecule has 2 rings (SSSR count). The van der Waals surface area contributed by atoms with Gasteiger partial charge < -0.3 is 4.74 Å². The third-order valence-corrected chi connectivity index (χ3v) is 2.82. The van der Waals surface area contributed by atoms with Crippen molar-refractivity contribution in [2.45, 2.75) is 19.6 Å². The van der Waals surface area contributed by atoms with Gasteiger partial charge in [0.25, 0.3) is 5.72 Å². The first-order chi connectivity index (χ1) is 8.46. The van der Waals surface area contributed by atoms with E-state index in [4.69, 9.17) is 16.4 Å². The Hall–Kier alpha value is -1.59. The minimum absolute atomic E-state index is 0.543. The zero-order chi connectivity index (χ0) is 13.3. The topological polar surface area (TPSA) is 51.1 Å². The largest absolute Gasteiger partial charge is 0.465 e. The Kier molecular flexibility index (Phi) is 3.28. The van der Waals surface area contributed by atoms with Gasteiger partial charge in [-0.15, -0.1) is 0 Å². The highest BCUT2D eigenvalue weighted by atomic mass is 35.5. The molecule has 0 amide bonds. The number of hydrogen-bond acceptors (Lipinski definition) is 5. The third-order valence-electron chi connectivity index (χ3n) is 2.56. The van der Waals surface area contributed by atoms with Crippen molar-refractivity contribution in [3.63, 3.8) is 0 Å². The van der Waals surface area contributed by atoms with Crippen LogP contribution in [0.5, 0.6) is 0 Å². The van der Waals surface area contributed by atoms with Crippen molar-refractivity contribution in [1.82, 2.24) is 0 Å². The van der Waals surface area contributed by atoms with Gasteiger partial charge in [0.1, 0.15) is 5.84 Å². The van der Waals surface area contributed by atoms with E-state index in [9.17, 15) is 4.79 Å². The second kappa shape index (κ2) is 4.59. The van der Waals surface area contributed by atoms with Crippen LogP contribution in [-0.4, -0.2) is 24.6 Å². The summed E-state index contributed by atoms with van der Waals surface area (Å²) in [5.41, 5.74) is -0.591. The molecule has 0 spiro atoms. The van der Waals surface area contributed by atoms with E-state index in [2.05, 4.69) is 9.73 Å². The molecule has 0 fully saturated rings. The molecular weight excluding hydrogens is 256 g/mol. The standard InChI is InChI=1S/C12H13ClN2O3/c1-8-14-12(2,11(16)17-3)18-15(8)10-6-4-9(13)5-7-10/h4-7H,1-3H3. The summed E-state index contributed by atoms with van der Waals surface area (Å²) in [6.07, 6.45) is 0. The van der Waals surface area contributed by atoms with Crippen LogP contribution in [-0.2, 0) is 14.4 Å². The Bertz CT molecular complexity index is 501. The number of benzene rings is 1. The number of halogens is 1. The van der Waals surface area contributed by atoms with E-state index >= 15 is 0 Å². The number of amidine groups is 1. The van der Waals surface area contributed by atoms with Crippen molar-refractivity contribution < 1.29 is 14.4 Å². The fraction of sp³-hybridized carbons (Fsp3) is 0.333. The molecule has 1 heterocycles. The first-order valence-corrected chi connectivity index (χ1v) is 5.74. The number of aliphatic imine (C=N–C) groups is 1. The highest BCUT2D eigenvalue weighted by Gasteiger charge is 2.44. The predicted molar refractivity (Wildman–Crippen MR) is 68.5 cm³/mol. The highest BCUT2D eigenvalue weighted by Crippen LogP contribution is 2.29. The monoisotopic (exact) mass is 268 g/mol. The highest BCUT2D eigenvalue weighted by molar-refractivity contribution is 6.30. The molecule has 5 nitrogen and oxygen atoms in total. The zero-order valence-corrected chi connectivity index (χ0v) is 11.1. The van der Waals surface area contributed by atoms with E-state index in [0.29, 0.717) is 10.9 Å². The minimum atomic E-state index is -1.33. The van der Waals surface area contributed by atoms with E-state index in [1.165, 1.54) is 12.2 Å². The van der Waals surface area contributed by atoms with Gasteiger partial charge in [0, 0.05) is 5.02 Å². The Morgan fingerprint density at radius 2 is 2.06 bits per heavy atom. The molecule has 0 radical (unpaired) electrons. The lowest BCUT2D eigenvalue weighted by molar-refractivity contribution is -0.163. The van der Waals surface area contributed by atoms with Crippen LogP contribution in [0.2, 0.25) is 5.02 Å². The number of hydroxylamine groups is 1. The normalized spacial score (nSPS) is 22.9. The van der Waals surface area contributed by atoms with Crippen molar-refractivity contribution in [2.75, 3.05) is 12.2 Å². The van der Waals surface area contributed by atoms with Crippen LogP contribution in [0.25, 0.3) is 0 Å². The van der Waals surface area contributed by atoms with Gasteiger partial charge in [-0.3, -0.25) is 0 Å². The lowest BCUT2D eigenvalue weighted by Gasteiger charge is -2.22. The molecule has 0 aromatic heterocycles. The minimum Gasteiger partial charge on any atom is -0.465 e. The summed E-state index contributed by atoms with van der Waals surface area (Å²) in [6.45, 7) is 3.31. The average Bonchev–Trinajstić information content (AvgIpc) is 2.66. The number of hydrogen-bond donors (Lipinski definition) is 0. The quantitative estimate of drug-likeness (QED) is 0.773. The number of carbonyl (C=O) groups is 1. The van der Waals surface area contributed by atoms with Crippen LogP contribution >= 0.6 is 11.6 Å². The maximum absolute atomic E-state index is 11.6. The average molecular weight is 269 g/mol. The number of anilines is 1. The summed E-state index contributed by atoms with van der Waals surface area (Å²) >= 11 is 5.82. The molecular formula is C12H13ClN2O3. The summed E-state index contributed by atoms with van der Waals surface area (Å²) in [5.74, 6) is 0.0311. The second-order valence-electron chi connectivity index (χ2n) is 4.00. The molecule has 1 aromatic rings. The molecule has 1 atom stereocenters. The number of methoxy groups -OCH3 is 1. The molecule has 0 saturated carbocycles. The third kappa shape index (κ3) is 2.19. The molecule has 0 N–H and O–H groups in total. The summed E-state index contributed by atoms with van der Waals surface area (Å²) in [5, 5.41) is 2.11. The number of nitrogens with zero attached hydrogens (tertiary/aromatic N) is 2. The predicted octanol–water partition coefficient (Wildman–Crippen LogP) is 2.40. The van der Waals surface area contributed by atoms with Gasteiger partial charge in [-0.2, -0.15) is 0 Å². The van der Waals surface area contributed by atoms with Gasteiger partial charge in [-0.05, 0) is 38.1 Å². The lowest BCUT2D eigenvalue weighted by atomic mass is 10.3. The van der Waals surface area contributed by atoms with Crippen LogP contribution in [0.1, 0.15) is 13.8 Å². The molecule has 0 bridgehead atoms. The number of carbonyl (C=O) groups excluding carboxylic acids is 1. The Morgan fingerprint density at radius 1 is 1.44 bits per heavy atom. The SMILES string of the molecule is COC(=O)C1(C)N=C(C)N(c2ccc(Cl)cc2)O1. The fourth-order valence-corrected chi connectivity index (χ4v) is 1.83. The van der Waals surface area contributed by atoms with Crippen molar-refractivity contribution in [1.29, 1.82) is 0 Å². The van der Waals surface area contributed by atoms with Crippen LogP contribution in [0.4, 0.5) is 5.69 Å². The summed E-state index contributed by atoms with van der Waals surface area (Å²) < 4.78 is 4.67. The molecule has 1 aliphatic heterocycles. The molecule has 6 heteroatoms. The van der Waals surface area contributed by atoms with Crippen LogP contribution in [0.15, 0.2) is 29.3 Å². The molecule has 18 heavy (non-hydrogen) atoms. The molecule has 0 saturated heterocycles. The van der Waals surface area contributed by atoms with E-state index < -0.39 is 11.7 Å². The fourth-order valence-electron chi connectivity index (χ4n) is 1.71. The number of esters is 1. The van der Waals surface area contributed by atoms with Gasteiger partial charge in [0.15, 0.2) is 0 Å². The van der Waals surface area contributed by atoms with E-state index in [-0.39, 0.29) is 0 Å². The molecule has 0 aliphatic carbocycles. The van der Waals surface area contributed by atoms with Gasteiger partial charge in [0.2, 0.25) is 0 Å². The van der Waals surface area contributed by atoms with Crippen molar-refractivity contribution in [3.8, 4) is 0 Å². The summed E-state index contributed by atoms with van der Waals surface area (Å²) in [7, 11) is 1.30. The Balaban J connectivity index is 2.27. The first kappa shape index (κ1) is 12.9. The van der Waals surface area contributed by atoms with Gasteiger partial charge >= 0.3 is 5.97 Å². The maximum Gasteiger partial charge on any atom is 0.363 e. The summed E-state index contributed by atoms with van der Waals surface area (Å²) in [6, 6.07) is 7.04. The summed E-state index contributed by atoms with van der Waals surface area (Å²) in [4.78, 5) is 21.3. The molecule has 1 unspecified atom stereocenters. The Labute approximate surface area is 110 Å². The smallest absolute Gasteiger partial charge is 0.363 e. The molecule has 1 aliphatic rings. The first-order valence-electron chi connectivity index (χ1n) is 5.36. The molecule has 96 valence electrons. The maximum atomic E-state index is 11.6. The van der Waals surface area contributed by atoms with Gasteiger partial charge in [-0.1, -0.05) is 11.6 Å². The molecule has 1 aromatic carbocycles. The number of ether oxygens (including phenoxy) is 1. The van der Waals surface area contributed by atoms with E-state index in [1.807, 2.05) is 0 Å².